The number of rotatable bonds is 12. The van der Waals surface area contributed by atoms with Crippen LogP contribution in [0.1, 0.15) is 107 Å². The molecule has 0 aromatic rings. The highest BCUT2D eigenvalue weighted by Gasteiger charge is 2.35. The van der Waals surface area contributed by atoms with Gasteiger partial charge in [0.15, 0.2) is 0 Å². The Balaban J connectivity index is 2.67. The van der Waals surface area contributed by atoms with Gasteiger partial charge in [0.1, 0.15) is 12.2 Å². The average Bonchev–Trinajstić information content (AvgIpc) is 2.59. The summed E-state index contributed by atoms with van der Waals surface area (Å²) in [6.07, 6.45) is 6.64. The monoisotopic (exact) mass is 424 g/mol. The van der Waals surface area contributed by atoms with Gasteiger partial charge in [-0.2, -0.15) is 0 Å². The molecular weight excluding hydrogens is 376 g/mol. The maximum Gasteiger partial charge on any atom is 0.309 e. The van der Waals surface area contributed by atoms with E-state index in [0.29, 0.717) is 30.1 Å². The van der Waals surface area contributed by atoms with Crippen molar-refractivity contribution in [3.05, 3.63) is 0 Å². The van der Waals surface area contributed by atoms with Crippen molar-refractivity contribution in [2.45, 2.75) is 119 Å². The Labute approximate surface area is 185 Å². The molecule has 1 aliphatic rings. The van der Waals surface area contributed by atoms with Crippen LogP contribution in [0, 0.1) is 35.5 Å². The molecule has 1 fully saturated rings. The quantitative estimate of drug-likeness (QED) is 0.323. The minimum Gasteiger partial charge on any atom is -0.462 e. The highest BCUT2D eigenvalue weighted by molar-refractivity contribution is 5.76. The molecule has 0 bridgehead atoms. The maximum absolute atomic E-state index is 12.9. The molecule has 0 N–H and O–H groups in total. The van der Waals surface area contributed by atoms with E-state index in [1.165, 1.54) is 0 Å². The van der Waals surface area contributed by atoms with Gasteiger partial charge in [-0.15, -0.1) is 0 Å². The molecule has 4 heteroatoms. The van der Waals surface area contributed by atoms with Crippen LogP contribution in [0.3, 0.4) is 0 Å². The molecule has 0 saturated heterocycles. The Morgan fingerprint density at radius 2 is 0.933 bits per heavy atom. The van der Waals surface area contributed by atoms with Crippen molar-refractivity contribution in [3.8, 4) is 0 Å². The van der Waals surface area contributed by atoms with Crippen LogP contribution < -0.4 is 0 Å². The van der Waals surface area contributed by atoms with Gasteiger partial charge in [0.2, 0.25) is 0 Å². The van der Waals surface area contributed by atoms with Crippen molar-refractivity contribution in [2.75, 3.05) is 0 Å². The van der Waals surface area contributed by atoms with Crippen molar-refractivity contribution >= 4 is 11.9 Å². The van der Waals surface area contributed by atoms with E-state index in [-0.39, 0.29) is 36.0 Å². The van der Waals surface area contributed by atoms with Crippen LogP contribution in [0.5, 0.6) is 0 Å². The molecule has 0 aromatic carbocycles. The summed E-state index contributed by atoms with van der Waals surface area (Å²) in [5.41, 5.74) is 0. The van der Waals surface area contributed by atoms with Crippen LogP contribution >= 0.6 is 0 Å². The predicted octanol–water partition coefficient (Wildman–Crippen LogP) is 6.80. The second kappa shape index (κ2) is 13.4. The first-order chi connectivity index (χ1) is 14.0. The third-order valence-electron chi connectivity index (χ3n) is 5.84. The van der Waals surface area contributed by atoms with Crippen LogP contribution in [0.2, 0.25) is 0 Å². The average molecular weight is 425 g/mol. The normalized spacial score (nSPS) is 20.1. The molecule has 1 aliphatic carbocycles. The van der Waals surface area contributed by atoms with Gasteiger partial charge in [-0.3, -0.25) is 9.59 Å². The molecule has 4 nitrogen and oxygen atoms in total. The lowest BCUT2D eigenvalue weighted by molar-refractivity contribution is -0.162. The van der Waals surface area contributed by atoms with Crippen molar-refractivity contribution < 1.29 is 19.1 Å². The zero-order valence-electron chi connectivity index (χ0n) is 20.9. The summed E-state index contributed by atoms with van der Waals surface area (Å²) in [7, 11) is 0. The summed E-state index contributed by atoms with van der Waals surface area (Å²) >= 11 is 0. The molecule has 176 valence electrons. The topological polar surface area (TPSA) is 52.6 Å². The number of ether oxygens (including phenoxy) is 2. The molecule has 1 saturated carbocycles. The number of esters is 2. The lowest BCUT2D eigenvalue weighted by atomic mass is 9.81. The van der Waals surface area contributed by atoms with Gasteiger partial charge < -0.3 is 9.47 Å². The van der Waals surface area contributed by atoms with Gasteiger partial charge in [0.05, 0.1) is 11.8 Å². The SMILES string of the molecule is CC(C)CC(CC(C)C)OC(=O)C1CCCC(C(=O)OC(CC(C)C)CC(C)C)C1. The molecule has 30 heavy (non-hydrogen) atoms. The minimum absolute atomic E-state index is 0.0220. The van der Waals surface area contributed by atoms with E-state index in [1.54, 1.807) is 0 Å². The van der Waals surface area contributed by atoms with Crippen LogP contribution in [-0.4, -0.2) is 24.1 Å². The van der Waals surface area contributed by atoms with E-state index in [4.69, 9.17) is 9.47 Å². The molecule has 0 radical (unpaired) electrons. The zero-order valence-corrected chi connectivity index (χ0v) is 20.9. The predicted molar refractivity (Wildman–Crippen MR) is 123 cm³/mol. The highest BCUT2D eigenvalue weighted by atomic mass is 16.5. The fourth-order valence-electron chi connectivity index (χ4n) is 4.63. The minimum atomic E-state index is -0.174. The first-order valence-corrected chi connectivity index (χ1v) is 12.4. The maximum atomic E-state index is 12.9. The van der Waals surface area contributed by atoms with E-state index in [9.17, 15) is 9.59 Å². The standard InChI is InChI=1S/C26H48O4/c1-17(2)12-23(13-18(3)4)29-25(27)21-10-9-11-22(16-21)26(28)30-24(14-19(5)6)15-20(7)8/h17-24H,9-16H2,1-8H3. The lowest BCUT2D eigenvalue weighted by Gasteiger charge is -2.30. The molecule has 1 rings (SSSR count). The molecule has 2 atom stereocenters. The van der Waals surface area contributed by atoms with Crippen LogP contribution in [0.25, 0.3) is 0 Å². The molecule has 0 aliphatic heterocycles. The molecule has 2 unspecified atom stereocenters. The van der Waals surface area contributed by atoms with E-state index in [0.717, 1.165) is 44.9 Å². The summed E-state index contributed by atoms with van der Waals surface area (Å²) < 4.78 is 11.9. The van der Waals surface area contributed by atoms with Crippen LogP contribution in [-0.2, 0) is 19.1 Å². The molecule has 0 amide bonds. The summed E-state index contributed by atoms with van der Waals surface area (Å²) in [6.45, 7) is 17.3. The summed E-state index contributed by atoms with van der Waals surface area (Å²) in [4.78, 5) is 25.8. The Morgan fingerprint density at radius 1 is 0.633 bits per heavy atom. The van der Waals surface area contributed by atoms with Crippen molar-refractivity contribution in [1.82, 2.24) is 0 Å². The van der Waals surface area contributed by atoms with E-state index >= 15 is 0 Å². The Kier molecular flexibility index (Phi) is 12.0. The number of hydrogen-bond donors (Lipinski definition) is 0. The largest absolute Gasteiger partial charge is 0.462 e. The van der Waals surface area contributed by atoms with Crippen LogP contribution in [0.15, 0.2) is 0 Å². The summed E-state index contributed by atoms with van der Waals surface area (Å²) in [5, 5.41) is 0. The van der Waals surface area contributed by atoms with Gasteiger partial charge >= 0.3 is 11.9 Å². The molecule has 0 aromatic heterocycles. The number of carbonyl (C=O) groups is 2. The van der Waals surface area contributed by atoms with E-state index < -0.39 is 0 Å². The van der Waals surface area contributed by atoms with Crippen molar-refractivity contribution in [2.24, 2.45) is 35.5 Å². The van der Waals surface area contributed by atoms with Crippen LogP contribution in [0.4, 0.5) is 0 Å². The number of hydrogen-bond acceptors (Lipinski definition) is 4. The Bertz CT molecular complexity index is 445. The van der Waals surface area contributed by atoms with E-state index in [1.807, 2.05) is 0 Å². The van der Waals surface area contributed by atoms with Gasteiger partial charge in [0, 0.05) is 0 Å². The number of carbonyl (C=O) groups excluding carboxylic acids is 2. The lowest BCUT2D eigenvalue weighted by Crippen LogP contribution is -2.34. The van der Waals surface area contributed by atoms with Gasteiger partial charge in [0.25, 0.3) is 0 Å². The van der Waals surface area contributed by atoms with Gasteiger partial charge in [-0.05, 0) is 68.6 Å². The van der Waals surface area contributed by atoms with Crippen molar-refractivity contribution in [1.29, 1.82) is 0 Å². The molecular formula is C26H48O4. The summed E-state index contributed by atoms with van der Waals surface area (Å²) in [6, 6.07) is 0. The smallest absolute Gasteiger partial charge is 0.309 e. The second-order valence-electron chi connectivity index (χ2n) is 11.2. The third kappa shape index (κ3) is 10.8. The van der Waals surface area contributed by atoms with Crippen molar-refractivity contribution in [3.63, 3.8) is 0 Å². The fourth-order valence-corrected chi connectivity index (χ4v) is 4.63. The Morgan fingerprint density at radius 3 is 1.20 bits per heavy atom. The zero-order chi connectivity index (χ0) is 22.8. The summed E-state index contributed by atoms with van der Waals surface area (Å²) in [5.74, 6) is 1.41. The molecule has 0 heterocycles. The fraction of sp³-hybridized carbons (Fsp3) is 0.923. The van der Waals surface area contributed by atoms with Gasteiger partial charge in [-0.25, -0.2) is 0 Å². The third-order valence-corrected chi connectivity index (χ3v) is 5.84. The first kappa shape index (κ1) is 27.0. The Hall–Kier alpha value is -1.06. The first-order valence-electron chi connectivity index (χ1n) is 12.4. The molecule has 0 spiro atoms. The second-order valence-corrected chi connectivity index (χ2v) is 11.2. The highest BCUT2D eigenvalue weighted by Crippen LogP contribution is 2.33. The van der Waals surface area contributed by atoms with Gasteiger partial charge in [-0.1, -0.05) is 61.8 Å². The van der Waals surface area contributed by atoms with E-state index in [2.05, 4.69) is 55.4 Å².